The number of rotatable bonds is 7. The Kier molecular flexibility index (Phi) is 9.89. The number of methoxy groups -OCH3 is 1. The molecule has 30 heavy (non-hydrogen) atoms. The largest absolute Gasteiger partial charge is 0.504 e. The van der Waals surface area contributed by atoms with Crippen LogP contribution in [0.25, 0.3) is 0 Å². The summed E-state index contributed by atoms with van der Waals surface area (Å²) in [6.07, 6.45) is 1.66. The van der Waals surface area contributed by atoms with Gasteiger partial charge >= 0.3 is 0 Å². The maximum absolute atomic E-state index is 9.73. The summed E-state index contributed by atoms with van der Waals surface area (Å²) in [4.78, 5) is 14.0. The molecule has 1 aromatic heterocycles. The highest BCUT2D eigenvalue weighted by Crippen LogP contribution is 2.26. The van der Waals surface area contributed by atoms with E-state index in [4.69, 9.17) is 9.73 Å². The Bertz CT molecular complexity index is 823. The summed E-state index contributed by atoms with van der Waals surface area (Å²) in [7, 11) is 1.56. The lowest BCUT2D eigenvalue weighted by Gasteiger charge is -2.36. The van der Waals surface area contributed by atoms with Gasteiger partial charge in [-0.1, -0.05) is 13.0 Å². The number of phenolic OH excluding ortho intramolecular Hbond substituents is 1. The fourth-order valence-electron chi connectivity index (χ4n) is 3.22. The van der Waals surface area contributed by atoms with Crippen molar-refractivity contribution in [3.8, 4) is 11.5 Å². The quantitative estimate of drug-likeness (QED) is 0.314. The lowest BCUT2D eigenvalue weighted by atomic mass is 10.1. The Balaban J connectivity index is 0.00000320. The molecule has 3 rings (SSSR count). The number of halogens is 1. The van der Waals surface area contributed by atoms with Crippen LogP contribution in [0.2, 0.25) is 0 Å². The van der Waals surface area contributed by atoms with Crippen molar-refractivity contribution in [1.29, 1.82) is 0 Å². The first-order valence-corrected chi connectivity index (χ1v) is 10.9. The molecule has 1 aliphatic rings. The van der Waals surface area contributed by atoms with Crippen molar-refractivity contribution in [2.24, 2.45) is 4.99 Å². The highest BCUT2D eigenvalue weighted by atomic mass is 127. The Labute approximate surface area is 199 Å². The fraction of sp³-hybridized carbons (Fsp3) is 0.550. The van der Waals surface area contributed by atoms with Gasteiger partial charge in [-0.3, -0.25) is 4.99 Å². The Morgan fingerprint density at radius 3 is 2.67 bits per heavy atom. The summed E-state index contributed by atoms with van der Waals surface area (Å²) >= 11 is 1.49. The number of benzene rings is 1. The van der Waals surface area contributed by atoms with E-state index >= 15 is 0 Å². The summed E-state index contributed by atoms with van der Waals surface area (Å²) in [5.41, 5.74) is 1.09. The molecule has 0 unspecified atom stereocenters. The number of piperazine rings is 1. The second-order valence-corrected chi connectivity index (χ2v) is 7.54. The van der Waals surface area contributed by atoms with Gasteiger partial charge in [-0.25, -0.2) is 4.98 Å². The number of nitrogens with zero attached hydrogens (tertiary/aromatic N) is 5. The number of aryl methyl sites for hydroxylation is 1. The molecule has 166 valence electrons. The number of nitrogens with one attached hydrogen (secondary N) is 1. The van der Waals surface area contributed by atoms with Crippen molar-refractivity contribution in [2.75, 3.05) is 51.3 Å². The minimum atomic E-state index is 0. The Morgan fingerprint density at radius 2 is 2.03 bits per heavy atom. The molecule has 0 bridgehead atoms. The third kappa shape index (κ3) is 6.34. The van der Waals surface area contributed by atoms with Crippen LogP contribution in [0.3, 0.4) is 0 Å². The molecule has 2 aromatic rings. The first-order chi connectivity index (χ1) is 14.1. The van der Waals surface area contributed by atoms with Gasteiger partial charge in [-0.15, -0.1) is 24.0 Å². The van der Waals surface area contributed by atoms with Crippen molar-refractivity contribution < 1.29 is 9.84 Å². The SMILES string of the molecule is CCNC(=NCCc1ccc(O)c(OC)c1)N1CCN(c2nc(CC)ns2)CC1.I. The van der Waals surface area contributed by atoms with Gasteiger partial charge in [0.05, 0.1) is 7.11 Å². The van der Waals surface area contributed by atoms with Crippen LogP contribution in [-0.2, 0) is 12.8 Å². The summed E-state index contributed by atoms with van der Waals surface area (Å²) < 4.78 is 9.58. The molecule has 0 saturated carbocycles. The van der Waals surface area contributed by atoms with Gasteiger partial charge in [-0.2, -0.15) is 4.37 Å². The number of aliphatic imine (C=N–C) groups is 1. The number of ether oxygens (including phenoxy) is 1. The van der Waals surface area contributed by atoms with E-state index < -0.39 is 0 Å². The molecule has 1 aliphatic heterocycles. The third-order valence-corrected chi connectivity index (χ3v) is 5.68. The molecule has 10 heteroatoms. The van der Waals surface area contributed by atoms with Gasteiger partial charge in [0.2, 0.25) is 5.13 Å². The van der Waals surface area contributed by atoms with E-state index in [0.29, 0.717) is 12.3 Å². The number of hydrogen-bond acceptors (Lipinski definition) is 7. The van der Waals surface area contributed by atoms with Crippen molar-refractivity contribution in [2.45, 2.75) is 26.7 Å². The number of hydrogen-bond donors (Lipinski definition) is 2. The maximum atomic E-state index is 9.73. The lowest BCUT2D eigenvalue weighted by Crippen LogP contribution is -2.52. The lowest BCUT2D eigenvalue weighted by molar-refractivity contribution is 0.372. The zero-order valence-corrected chi connectivity index (χ0v) is 20.9. The highest BCUT2D eigenvalue weighted by Gasteiger charge is 2.22. The molecule has 0 spiro atoms. The second-order valence-electron chi connectivity index (χ2n) is 6.81. The van der Waals surface area contributed by atoms with E-state index in [1.165, 1.54) is 11.5 Å². The molecule has 0 aliphatic carbocycles. The fourth-order valence-corrected chi connectivity index (χ4v) is 4.02. The van der Waals surface area contributed by atoms with Crippen LogP contribution in [0, 0.1) is 0 Å². The van der Waals surface area contributed by atoms with E-state index in [-0.39, 0.29) is 29.7 Å². The molecule has 1 saturated heterocycles. The van der Waals surface area contributed by atoms with Gasteiger partial charge < -0.3 is 25.0 Å². The molecule has 0 radical (unpaired) electrons. The average Bonchev–Trinajstić information content (AvgIpc) is 3.24. The second kappa shape index (κ2) is 12.1. The Morgan fingerprint density at radius 1 is 1.27 bits per heavy atom. The van der Waals surface area contributed by atoms with Gasteiger partial charge in [0, 0.05) is 57.2 Å². The average molecular weight is 546 g/mol. The van der Waals surface area contributed by atoms with Crippen molar-refractivity contribution in [3.05, 3.63) is 29.6 Å². The zero-order valence-electron chi connectivity index (χ0n) is 17.8. The minimum absolute atomic E-state index is 0. The van der Waals surface area contributed by atoms with E-state index in [1.807, 2.05) is 12.1 Å². The molecule has 0 atom stereocenters. The molecule has 2 heterocycles. The van der Waals surface area contributed by atoms with E-state index in [9.17, 15) is 5.11 Å². The first kappa shape index (κ1) is 24.4. The molecular weight excluding hydrogens is 515 g/mol. The molecule has 8 nitrogen and oxygen atoms in total. The number of aromatic hydroxyl groups is 1. The maximum Gasteiger partial charge on any atom is 0.205 e. The standard InChI is InChI=1S/C20H30N6O2S.HI/c1-4-18-23-20(29-24-18)26-12-10-25(11-13-26)19(21-5-2)22-9-8-15-6-7-16(27)17(14-15)28-3;/h6-7,14,27H,4-5,8-13H2,1-3H3,(H,21,22);1H. The normalized spacial score (nSPS) is 14.4. The van der Waals surface area contributed by atoms with Gasteiger partial charge in [0.15, 0.2) is 17.5 Å². The van der Waals surface area contributed by atoms with E-state index in [0.717, 1.165) is 68.0 Å². The predicted octanol–water partition coefficient (Wildman–Crippen LogP) is 2.76. The topological polar surface area (TPSA) is 86.1 Å². The van der Waals surface area contributed by atoms with Gasteiger partial charge in [-0.05, 0) is 31.0 Å². The molecule has 2 N–H and O–H groups in total. The van der Waals surface area contributed by atoms with Crippen molar-refractivity contribution in [3.63, 3.8) is 0 Å². The monoisotopic (exact) mass is 546 g/mol. The van der Waals surface area contributed by atoms with Crippen LogP contribution in [-0.4, -0.2) is 71.7 Å². The minimum Gasteiger partial charge on any atom is -0.504 e. The van der Waals surface area contributed by atoms with Crippen LogP contribution in [0.1, 0.15) is 25.2 Å². The number of aromatic nitrogens is 2. The first-order valence-electron chi connectivity index (χ1n) is 10.1. The van der Waals surface area contributed by atoms with Crippen LogP contribution in [0.5, 0.6) is 11.5 Å². The third-order valence-electron chi connectivity index (χ3n) is 4.86. The predicted molar refractivity (Wildman–Crippen MR) is 133 cm³/mol. The van der Waals surface area contributed by atoms with Crippen molar-refractivity contribution >= 4 is 46.6 Å². The molecule has 0 amide bonds. The van der Waals surface area contributed by atoms with E-state index in [1.54, 1.807) is 13.2 Å². The zero-order chi connectivity index (χ0) is 20.6. The number of anilines is 1. The summed E-state index contributed by atoms with van der Waals surface area (Å²) in [6.45, 7) is 9.31. The van der Waals surface area contributed by atoms with Crippen LogP contribution >= 0.6 is 35.5 Å². The smallest absolute Gasteiger partial charge is 0.205 e. The van der Waals surface area contributed by atoms with Crippen LogP contribution in [0.15, 0.2) is 23.2 Å². The molecule has 1 fully saturated rings. The summed E-state index contributed by atoms with van der Waals surface area (Å²) in [5, 5.41) is 14.2. The number of guanidine groups is 1. The van der Waals surface area contributed by atoms with Crippen molar-refractivity contribution in [1.82, 2.24) is 19.6 Å². The Hall–Kier alpha value is -1.82. The highest BCUT2D eigenvalue weighted by molar-refractivity contribution is 14.0. The molecular formula is C20H31IN6O2S. The summed E-state index contributed by atoms with van der Waals surface area (Å²) in [5.74, 6) is 2.53. The van der Waals surface area contributed by atoms with Crippen LogP contribution in [0.4, 0.5) is 5.13 Å². The summed E-state index contributed by atoms with van der Waals surface area (Å²) in [6, 6.07) is 5.44. The van der Waals surface area contributed by atoms with Crippen LogP contribution < -0.4 is 15.0 Å². The molecule has 1 aromatic carbocycles. The van der Waals surface area contributed by atoms with E-state index in [2.05, 4.69) is 38.3 Å². The number of phenols is 1. The van der Waals surface area contributed by atoms with Gasteiger partial charge in [0.1, 0.15) is 5.82 Å². The van der Waals surface area contributed by atoms with Gasteiger partial charge in [0.25, 0.3) is 0 Å².